The molecule has 2 aromatic rings. The van der Waals surface area contributed by atoms with Crippen LogP contribution in [0.5, 0.6) is 0 Å². The minimum absolute atomic E-state index is 0.00806. The molecule has 19 heavy (non-hydrogen) atoms. The van der Waals surface area contributed by atoms with E-state index in [4.69, 9.17) is 5.11 Å². The summed E-state index contributed by atoms with van der Waals surface area (Å²) < 4.78 is 0.539. The first-order valence-electron chi connectivity index (χ1n) is 5.17. The highest BCUT2D eigenvalue weighted by molar-refractivity contribution is 9.10. The monoisotopic (exact) mass is 321 g/mol. The van der Waals surface area contributed by atoms with Crippen LogP contribution in [-0.4, -0.2) is 27.0 Å². The van der Waals surface area contributed by atoms with E-state index in [9.17, 15) is 9.59 Å². The van der Waals surface area contributed by atoms with Crippen molar-refractivity contribution < 1.29 is 14.7 Å². The van der Waals surface area contributed by atoms with Gasteiger partial charge in [-0.15, -0.1) is 0 Å². The number of carboxylic acids is 1. The van der Waals surface area contributed by atoms with Gasteiger partial charge in [0.25, 0.3) is 5.91 Å². The molecule has 0 unspecified atom stereocenters. The maximum absolute atomic E-state index is 11.9. The molecule has 0 radical (unpaired) electrons. The van der Waals surface area contributed by atoms with Gasteiger partial charge < -0.3 is 10.4 Å². The Balaban J connectivity index is 2.19. The number of pyridine rings is 2. The van der Waals surface area contributed by atoms with Crippen molar-refractivity contribution in [1.29, 1.82) is 0 Å². The number of amides is 1. The van der Waals surface area contributed by atoms with E-state index < -0.39 is 5.97 Å². The number of nitrogens with one attached hydrogen (secondary N) is 1. The van der Waals surface area contributed by atoms with Crippen LogP contribution in [0.1, 0.15) is 20.7 Å². The predicted molar refractivity (Wildman–Crippen MR) is 71.1 cm³/mol. The van der Waals surface area contributed by atoms with Crippen LogP contribution in [-0.2, 0) is 0 Å². The zero-order chi connectivity index (χ0) is 13.8. The summed E-state index contributed by atoms with van der Waals surface area (Å²) in [5.41, 5.74) is 0.731. The summed E-state index contributed by atoms with van der Waals surface area (Å²) in [6, 6.07) is 4.45. The highest BCUT2D eigenvalue weighted by Crippen LogP contribution is 2.12. The molecule has 6 nitrogen and oxygen atoms in total. The van der Waals surface area contributed by atoms with Crippen LogP contribution in [0, 0.1) is 0 Å². The number of hydrogen-bond donors (Lipinski definition) is 2. The van der Waals surface area contributed by atoms with Gasteiger partial charge in [-0.25, -0.2) is 9.78 Å². The number of anilines is 1. The van der Waals surface area contributed by atoms with E-state index in [0.717, 1.165) is 0 Å². The minimum Gasteiger partial charge on any atom is -0.478 e. The fourth-order valence-corrected chi connectivity index (χ4v) is 1.74. The van der Waals surface area contributed by atoms with Crippen LogP contribution in [0.2, 0.25) is 0 Å². The Morgan fingerprint density at radius 3 is 2.68 bits per heavy atom. The smallest absolute Gasteiger partial charge is 0.337 e. The molecule has 2 aromatic heterocycles. The van der Waals surface area contributed by atoms with Crippen molar-refractivity contribution in [1.82, 2.24) is 9.97 Å². The molecule has 0 saturated heterocycles. The average molecular weight is 322 g/mol. The molecule has 0 spiro atoms. The third-order valence-corrected chi connectivity index (χ3v) is 2.67. The van der Waals surface area contributed by atoms with Crippen molar-refractivity contribution >= 4 is 33.5 Å². The second-order valence-electron chi connectivity index (χ2n) is 3.59. The van der Waals surface area contributed by atoms with Gasteiger partial charge in [0.2, 0.25) is 0 Å². The largest absolute Gasteiger partial charge is 0.478 e. The molecule has 7 heteroatoms. The van der Waals surface area contributed by atoms with Gasteiger partial charge in [-0.3, -0.25) is 9.78 Å². The van der Waals surface area contributed by atoms with Gasteiger partial charge in [0, 0.05) is 18.0 Å². The standard InChI is InChI=1S/C12H8BrN3O3/c13-10-4-7(1-2-15-10)11(17)16-9-3-8(12(18)19)5-14-6-9/h1-6H,(H,16,17)(H,18,19). The molecule has 0 aliphatic carbocycles. The molecule has 0 bridgehead atoms. The van der Waals surface area contributed by atoms with Gasteiger partial charge in [-0.2, -0.15) is 0 Å². The van der Waals surface area contributed by atoms with Crippen molar-refractivity contribution in [3.8, 4) is 0 Å². The topological polar surface area (TPSA) is 92.2 Å². The summed E-state index contributed by atoms with van der Waals surface area (Å²) in [6.07, 6.45) is 4.08. The summed E-state index contributed by atoms with van der Waals surface area (Å²) in [7, 11) is 0. The van der Waals surface area contributed by atoms with Crippen LogP contribution >= 0.6 is 15.9 Å². The van der Waals surface area contributed by atoms with E-state index in [2.05, 4.69) is 31.2 Å². The second kappa shape index (κ2) is 5.57. The fraction of sp³-hybridized carbons (Fsp3) is 0. The highest BCUT2D eigenvalue weighted by Gasteiger charge is 2.09. The number of nitrogens with zero attached hydrogens (tertiary/aromatic N) is 2. The quantitative estimate of drug-likeness (QED) is 0.845. The van der Waals surface area contributed by atoms with E-state index in [0.29, 0.717) is 15.9 Å². The first-order valence-corrected chi connectivity index (χ1v) is 5.97. The van der Waals surface area contributed by atoms with Crippen molar-refractivity contribution in [2.75, 3.05) is 5.32 Å². The van der Waals surface area contributed by atoms with Gasteiger partial charge in [-0.05, 0) is 34.1 Å². The zero-order valence-corrected chi connectivity index (χ0v) is 11.1. The SMILES string of the molecule is O=C(O)c1cncc(NC(=O)c2ccnc(Br)c2)c1. The Hall–Kier alpha value is -2.28. The van der Waals surface area contributed by atoms with Gasteiger partial charge in [0.1, 0.15) is 4.60 Å². The molecule has 0 atom stereocenters. The first-order chi connectivity index (χ1) is 9.06. The molecule has 0 fully saturated rings. The van der Waals surface area contributed by atoms with Crippen molar-refractivity contribution in [3.05, 3.63) is 52.5 Å². The summed E-state index contributed by atoms with van der Waals surface area (Å²) in [4.78, 5) is 30.4. The number of hydrogen-bond acceptors (Lipinski definition) is 4. The van der Waals surface area contributed by atoms with E-state index in [1.807, 2.05) is 0 Å². The van der Waals surface area contributed by atoms with Gasteiger partial charge in [-0.1, -0.05) is 0 Å². The number of rotatable bonds is 3. The van der Waals surface area contributed by atoms with Gasteiger partial charge >= 0.3 is 5.97 Å². The van der Waals surface area contributed by atoms with Crippen molar-refractivity contribution in [3.63, 3.8) is 0 Å². The fourth-order valence-electron chi connectivity index (χ4n) is 1.37. The Bertz CT molecular complexity index is 646. The number of carbonyl (C=O) groups excluding carboxylic acids is 1. The Morgan fingerprint density at radius 1 is 1.21 bits per heavy atom. The number of carboxylic acid groups (broad SMARTS) is 1. The summed E-state index contributed by atoms with van der Waals surface area (Å²) in [5, 5.41) is 11.4. The number of aromatic carboxylic acids is 1. The zero-order valence-electron chi connectivity index (χ0n) is 9.50. The summed E-state index contributed by atoms with van der Waals surface area (Å²) in [5.74, 6) is -1.47. The molecular formula is C12H8BrN3O3. The maximum Gasteiger partial charge on any atom is 0.337 e. The maximum atomic E-state index is 11.9. The molecule has 2 N–H and O–H groups in total. The molecule has 2 heterocycles. The van der Waals surface area contributed by atoms with E-state index in [1.165, 1.54) is 24.7 Å². The Kier molecular flexibility index (Phi) is 3.86. The van der Waals surface area contributed by atoms with Crippen LogP contribution in [0.4, 0.5) is 5.69 Å². The van der Waals surface area contributed by atoms with Crippen LogP contribution in [0.15, 0.2) is 41.4 Å². The molecule has 1 amide bonds. The summed E-state index contributed by atoms with van der Waals surface area (Å²) in [6.45, 7) is 0. The first kappa shape index (κ1) is 13.2. The number of aromatic nitrogens is 2. The van der Waals surface area contributed by atoms with E-state index in [1.54, 1.807) is 12.1 Å². The molecule has 0 aliphatic heterocycles. The van der Waals surface area contributed by atoms with Gasteiger partial charge in [0.05, 0.1) is 17.4 Å². The Morgan fingerprint density at radius 2 is 2.00 bits per heavy atom. The van der Waals surface area contributed by atoms with Gasteiger partial charge in [0.15, 0.2) is 0 Å². The minimum atomic E-state index is -1.10. The van der Waals surface area contributed by atoms with Crippen LogP contribution in [0.3, 0.4) is 0 Å². The average Bonchev–Trinajstić information content (AvgIpc) is 2.39. The van der Waals surface area contributed by atoms with Crippen LogP contribution in [0.25, 0.3) is 0 Å². The van der Waals surface area contributed by atoms with Crippen molar-refractivity contribution in [2.45, 2.75) is 0 Å². The lowest BCUT2D eigenvalue weighted by Crippen LogP contribution is -2.12. The number of halogens is 1. The highest BCUT2D eigenvalue weighted by atomic mass is 79.9. The lowest BCUT2D eigenvalue weighted by atomic mass is 10.2. The third-order valence-electron chi connectivity index (χ3n) is 2.23. The van der Waals surface area contributed by atoms with E-state index >= 15 is 0 Å². The van der Waals surface area contributed by atoms with E-state index in [-0.39, 0.29) is 11.5 Å². The molecule has 0 aromatic carbocycles. The molecule has 96 valence electrons. The Labute approximate surface area is 116 Å². The second-order valence-corrected chi connectivity index (χ2v) is 4.40. The van der Waals surface area contributed by atoms with Crippen LogP contribution < -0.4 is 5.32 Å². The summed E-state index contributed by atoms with van der Waals surface area (Å²) >= 11 is 3.17. The molecule has 0 saturated carbocycles. The molecular weight excluding hydrogens is 314 g/mol. The number of carbonyl (C=O) groups is 2. The normalized spacial score (nSPS) is 9.95. The lowest BCUT2D eigenvalue weighted by Gasteiger charge is -2.05. The lowest BCUT2D eigenvalue weighted by molar-refractivity contribution is 0.0696. The third kappa shape index (κ3) is 3.35. The molecule has 0 aliphatic rings. The predicted octanol–water partition coefficient (Wildman–Crippen LogP) is 2.19. The van der Waals surface area contributed by atoms with Crippen molar-refractivity contribution in [2.24, 2.45) is 0 Å². The molecule has 2 rings (SSSR count).